The maximum Gasteiger partial charge on any atom is 0.254 e. The zero-order chi connectivity index (χ0) is 15.1. The van der Waals surface area contributed by atoms with E-state index in [1.165, 1.54) is 0 Å². The first-order chi connectivity index (χ1) is 10.2. The molecular formula is C15H21N3O3. The van der Waals surface area contributed by atoms with E-state index in [0.717, 1.165) is 30.0 Å². The minimum atomic E-state index is -0.112. The smallest absolute Gasteiger partial charge is 0.254 e. The number of benzene rings is 1. The third-order valence-electron chi connectivity index (χ3n) is 3.34. The molecule has 114 valence electrons. The Hall–Kier alpha value is -1.92. The van der Waals surface area contributed by atoms with Gasteiger partial charge in [-0.2, -0.15) is 5.10 Å². The van der Waals surface area contributed by atoms with Crippen molar-refractivity contribution in [2.45, 2.75) is 6.92 Å². The number of ether oxygens (including phenoxy) is 2. The molecule has 1 fully saturated rings. The predicted molar refractivity (Wildman–Crippen MR) is 80.7 cm³/mol. The minimum absolute atomic E-state index is 0.112. The number of nitrogens with one attached hydrogen (secondary N) is 1. The quantitative estimate of drug-likeness (QED) is 0.643. The number of amides is 1. The van der Waals surface area contributed by atoms with Crippen molar-refractivity contribution in [1.82, 2.24) is 10.3 Å². The van der Waals surface area contributed by atoms with Gasteiger partial charge in [0.15, 0.2) is 0 Å². The summed E-state index contributed by atoms with van der Waals surface area (Å²) in [6.07, 6.45) is 1.64. The molecule has 1 aromatic carbocycles. The topological polar surface area (TPSA) is 63.2 Å². The first-order valence-corrected chi connectivity index (χ1v) is 6.95. The molecule has 0 atom stereocenters. The van der Waals surface area contributed by atoms with Crippen LogP contribution in [0, 0.1) is 6.92 Å². The Morgan fingerprint density at radius 1 is 1.48 bits per heavy atom. The molecule has 6 nitrogen and oxygen atoms in total. The van der Waals surface area contributed by atoms with Gasteiger partial charge >= 0.3 is 0 Å². The average molecular weight is 291 g/mol. The molecule has 1 heterocycles. The fourth-order valence-corrected chi connectivity index (χ4v) is 2.09. The molecule has 2 rings (SSSR count). The molecule has 1 amide bonds. The molecule has 1 aliphatic rings. The number of methoxy groups -OCH3 is 1. The second kappa shape index (κ2) is 7.75. The van der Waals surface area contributed by atoms with Crippen molar-refractivity contribution in [1.29, 1.82) is 0 Å². The third-order valence-corrected chi connectivity index (χ3v) is 3.34. The number of rotatable bonds is 5. The Labute approximate surface area is 124 Å². The van der Waals surface area contributed by atoms with Gasteiger partial charge in [0.2, 0.25) is 0 Å². The molecule has 1 saturated heterocycles. The Balaban J connectivity index is 1.82. The van der Waals surface area contributed by atoms with Gasteiger partial charge in [-0.1, -0.05) is 0 Å². The van der Waals surface area contributed by atoms with Crippen molar-refractivity contribution in [2.24, 2.45) is 5.10 Å². The van der Waals surface area contributed by atoms with Crippen LogP contribution in [0.25, 0.3) is 0 Å². The monoisotopic (exact) mass is 291 g/mol. The Kier molecular flexibility index (Phi) is 5.71. The highest BCUT2D eigenvalue weighted by Crippen LogP contribution is 2.15. The maximum atomic E-state index is 11.8. The molecule has 0 unspecified atom stereocenters. The number of carbonyl (C=O) groups excluding carboxylic acids is 1. The number of morpholine rings is 1. The molecule has 0 saturated carbocycles. The van der Waals surface area contributed by atoms with E-state index in [2.05, 4.69) is 10.5 Å². The van der Waals surface area contributed by atoms with E-state index >= 15 is 0 Å². The number of hydrogen-bond donors (Lipinski definition) is 1. The van der Waals surface area contributed by atoms with Gasteiger partial charge in [0.05, 0.1) is 33.1 Å². The largest absolute Gasteiger partial charge is 0.497 e. The van der Waals surface area contributed by atoms with Gasteiger partial charge in [0.1, 0.15) is 5.75 Å². The summed E-state index contributed by atoms with van der Waals surface area (Å²) < 4.78 is 10.4. The molecule has 0 radical (unpaired) electrons. The van der Waals surface area contributed by atoms with Crippen LogP contribution in [0.5, 0.6) is 5.75 Å². The van der Waals surface area contributed by atoms with E-state index < -0.39 is 0 Å². The summed E-state index contributed by atoms with van der Waals surface area (Å²) in [7, 11) is 1.63. The summed E-state index contributed by atoms with van der Waals surface area (Å²) >= 11 is 0. The highest BCUT2D eigenvalue weighted by atomic mass is 16.5. The minimum Gasteiger partial charge on any atom is -0.497 e. The molecule has 1 aromatic rings. The van der Waals surface area contributed by atoms with Crippen molar-refractivity contribution in [3.63, 3.8) is 0 Å². The molecule has 0 aromatic heterocycles. The van der Waals surface area contributed by atoms with E-state index in [9.17, 15) is 4.79 Å². The summed E-state index contributed by atoms with van der Waals surface area (Å²) in [6.45, 7) is 5.26. The molecule has 0 aliphatic carbocycles. The predicted octanol–water partition coefficient (Wildman–Crippen LogP) is 0.786. The van der Waals surface area contributed by atoms with Gasteiger partial charge in [-0.3, -0.25) is 9.69 Å². The number of hydrazone groups is 1. The van der Waals surface area contributed by atoms with Gasteiger partial charge in [-0.05, 0) is 36.2 Å². The summed E-state index contributed by atoms with van der Waals surface area (Å²) in [5.41, 5.74) is 4.54. The average Bonchev–Trinajstić information content (AvgIpc) is 2.50. The van der Waals surface area contributed by atoms with Crippen LogP contribution in [0.15, 0.2) is 23.3 Å². The summed E-state index contributed by atoms with van der Waals surface area (Å²) in [6, 6.07) is 5.70. The van der Waals surface area contributed by atoms with E-state index in [1.807, 2.05) is 30.0 Å². The first kappa shape index (κ1) is 15.5. The molecule has 0 spiro atoms. The van der Waals surface area contributed by atoms with Crippen LogP contribution < -0.4 is 10.2 Å². The van der Waals surface area contributed by atoms with E-state index in [4.69, 9.17) is 9.47 Å². The van der Waals surface area contributed by atoms with Gasteiger partial charge in [0, 0.05) is 13.1 Å². The molecule has 21 heavy (non-hydrogen) atoms. The van der Waals surface area contributed by atoms with Crippen molar-refractivity contribution in [3.8, 4) is 5.75 Å². The fourth-order valence-electron chi connectivity index (χ4n) is 2.09. The fraction of sp³-hybridized carbons (Fsp3) is 0.467. The van der Waals surface area contributed by atoms with Crippen LogP contribution in [-0.4, -0.2) is 57.0 Å². The Morgan fingerprint density at radius 2 is 2.24 bits per heavy atom. The molecule has 1 N–H and O–H groups in total. The number of aryl methyl sites for hydroxylation is 1. The lowest BCUT2D eigenvalue weighted by Crippen LogP contribution is -2.42. The van der Waals surface area contributed by atoms with Crippen LogP contribution in [0.4, 0.5) is 0 Å². The Morgan fingerprint density at radius 3 is 2.90 bits per heavy atom. The van der Waals surface area contributed by atoms with E-state index in [-0.39, 0.29) is 5.91 Å². The van der Waals surface area contributed by atoms with Gasteiger partial charge in [-0.15, -0.1) is 0 Å². The standard InChI is InChI=1S/C15H21N3O3/c1-12-9-14(20-2)4-3-13(12)10-16-17-15(19)11-18-5-7-21-8-6-18/h3-4,9-10H,5-8,11H2,1-2H3,(H,17,19)/b16-10+. The lowest BCUT2D eigenvalue weighted by atomic mass is 10.1. The van der Waals surface area contributed by atoms with Crippen molar-refractivity contribution in [2.75, 3.05) is 40.0 Å². The van der Waals surface area contributed by atoms with Crippen LogP contribution in [0.1, 0.15) is 11.1 Å². The first-order valence-electron chi connectivity index (χ1n) is 6.95. The lowest BCUT2D eigenvalue weighted by molar-refractivity contribution is -0.123. The lowest BCUT2D eigenvalue weighted by Gasteiger charge is -2.25. The summed E-state index contributed by atoms with van der Waals surface area (Å²) in [5.74, 6) is 0.695. The highest BCUT2D eigenvalue weighted by molar-refractivity contribution is 5.84. The molecule has 1 aliphatic heterocycles. The zero-order valence-corrected chi connectivity index (χ0v) is 12.5. The van der Waals surface area contributed by atoms with E-state index in [0.29, 0.717) is 19.8 Å². The van der Waals surface area contributed by atoms with Gasteiger partial charge in [0.25, 0.3) is 5.91 Å². The van der Waals surface area contributed by atoms with Crippen molar-refractivity contribution < 1.29 is 14.3 Å². The number of nitrogens with zero attached hydrogens (tertiary/aromatic N) is 2. The third kappa shape index (κ3) is 4.84. The summed E-state index contributed by atoms with van der Waals surface area (Å²) in [4.78, 5) is 13.8. The second-order valence-corrected chi connectivity index (χ2v) is 4.90. The normalized spacial score (nSPS) is 16.1. The van der Waals surface area contributed by atoms with Crippen LogP contribution in [0.3, 0.4) is 0 Å². The van der Waals surface area contributed by atoms with Crippen molar-refractivity contribution in [3.05, 3.63) is 29.3 Å². The van der Waals surface area contributed by atoms with Crippen LogP contribution in [0.2, 0.25) is 0 Å². The Bertz CT molecular complexity index is 511. The van der Waals surface area contributed by atoms with Crippen molar-refractivity contribution >= 4 is 12.1 Å². The SMILES string of the molecule is COc1ccc(/C=N/NC(=O)CN2CCOCC2)c(C)c1. The molecular weight excluding hydrogens is 270 g/mol. The maximum absolute atomic E-state index is 11.8. The second-order valence-electron chi connectivity index (χ2n) is 4.90. The van der Waals surface area contributed by atoms with Crippen LogP contribution in [-0.2, 0) is 9.53 Å². The summed E-state index contributed by atoms with van der Waals surface area (Å²) in [5, 5.41) is 4.00. The van der Waals surface area contributed by atoms with Gasteiger partial charge in [-0.25, -0.2) is 5.43 Å². The van der Waals surface area contributed by atoms with Gasteiger partial charge < -0.3 is 9.47 Å². The number of carbonyl (C=O) groups is 1. The number of hydrogen-bond acceptors (Lipinski definition) is 5. The highest BCUT2D eigenvalue weighted by Gasteiger charge is 2.13. The zero-order valence-electron chi connectivity index (χ0n) is 12.5. The van der Waals surface area contributed by atoms with E-state index in [1.54, 1.807) is 13.3 Å². The molecule has 6 heteroatoms. The molecule has 0 bridgehead atoms. The van der Waals surface area contributed by atoms with Crippen LogP contribution >= 0.6 is 0 Å².